The molecule has 2 nitrogen and oxygen atoms in total. The molecule has 0 radical (unpaired) electrons. The Morgan fingerprint density at radius 3 is 2.53 bits per heavy atom. The van der Waals surface area contributed by atoms with Crippen LogP contribution in [0.5, 0.6) is 0 Å². The third-order valence-corrected chi connectivity index (χ3v) is 4.01. The van der Waals surface area contributed by atoms with Crippen LogP contribution in [0.25, 0.3) is 0 Å². The van der Waals surface area contributed by atoms with Gasteiger partial charge in [0.25, 0.3) is 0 Å². The maximum absolute atomic E-state index is 5.74. The molecule has 15 heavy (non-hydrogen) atoms. The van der Waals surface area contributed by atoms with E-state index in [0.717, 1.165) is 19.7 Å². The van der Waals surface area contributed by atoms with E-state index in [4.69, 9.17) is 4.74 Å². The van der Waals surface area contributed by atoms with Crippen LogP contribution < -0.4 is 5.32 Å². The van der Waals surface area contributed by atoms with E-state index in [0.29, 0.717) is 0 Å². The van der Waals surface area contributed by atoms with Gasteiger partial charge >= 0.3 is 0 Å². The van der Waals surface area contributed by atoms with Crippen LogP contribution in [0.4, 0.5) is 0 Å². The fourth-order valence-corrected chi connectivity index (χ4v) is 2.17. The number of hydrogen-bond donors (Lipinski definition) is 1. The van der Waals surface area contributed by atoms with E-state index < -0.39 is 0 Å². The lowest BCUT2D eigenvalue weighted by Crippen LogP contribution is -2.33. The van der Waals surface area contributed by atoms with Crippen molar-refractivity contribution in [3.05, 3.63) is 33.3 Å². The standard InChI is InChI=1S/C12H16BrNO/c1-8-5-10(6-9(2)12(8)13)11-7-14-3-4-15-11/h5-6,11,14H,3-4,7H2,1-2H3. The minimum atomic E-state index is 0.212. The van der Waals surface area contributed by atoms with Crippen molar-refractivity contribution in [3.8, 4) is 0 Å². The molecule has 1 atom stereocenters. The zero-order chi connectivity index (χ0) is 10.8. The maximum Gasteiger partial charge on any atom is 0.0950 e. The van der Waals surface area contributed by atoms with Crippen LogP contribution in [0.3, 0.4) is 0 Å². The van der Waals surface area contributed by atoms with Crippen molar-refractivity contribution < 1.29 is 4.74 Å². The smallest absolute Gasteiger partial charge is 0.0950 e. The highest BCUT2D eigenvalue weighted by Gasteiger charge is 2.16. The summed E-state index contributed by atoms with van der Waals surface area (Å²) in [5.41, 5.74) is 3.83. The third-order valence-electron chi connectivity index (χ3n) is 2.76. The first-order chi connectivity index (χ1) is 7.18. The predicted octanol–water partition coefficient (Wildman–Crippen LogP) is 2.73. The van der Waals surface area contributed by atoms with Crippen molar-refractivity contribution >= 4 is 15.9 Å². The van der Waals surface area contributed by atoms with E-state index in [-0.39, 0.29) is 6.10 Å². The van der Waals surface area contributed by atoms with Gasteiger partial charge in [0.2, 0.25) is 0 Å². The van der Waals surface area contributed by atoms with Gasteiger partial charge in [-0.25, -0.2) is 0 Å². The van der Waals surface area contributed by atoms with Crippen molar-refractivity contribution in [2.75, 3.05) is 19.7 Å². The van der Waals surface area contributed by atoms with Gasteiger partial charge < -0.3 is 10.1 Å². The van der Waals surface area contributed by atoms with Crippen LogP contribution in [-0.4, -0.2) is 19.7 Å². The van der Waals surface area contributed by atoms with Crippen molar-refractivity contribution in [3.63, 3.8) is 0 Å². The van der Waals surface area contributed by atoms with E-state index in [9.17, 15) is 0 Å². The molecule has 1 fully saturated rings. The van der Waals surface area contributed by atoms with E-state index in [2.05, 4.69) is 47.2 Å². The van der Waals surface area contributed by atoms with E-state index in [1.807, 2.05) is 0 Å². The molecule has 0 aliphatic carbocycles. The molecule has 1 aliphatic heterocycles. The number of benzene rings is 1. The Bertz CT molecular complexity index is 336. The summed E-state index contributed by atoms with van der Waals surface area (Å²) < 4.78 is 6.94. The summed E-state index contributed by atoms with van der Waals surface area (Å²) in [6.07, 6.45) is 0.212. The van der Waals surface area contributed by atoms with Crippen molar-refractivity contribution in [1.29, 1.82) is 0 Å². The molecule has 82 valence electrons. The molecule has 1 unspecified atom stereocenters. The van der Waals surface area contributed by atoms with Crippen LogP contribution in [0.2, 0.25) is 0 Å². The van der Waals surface area contributed by atoms with Crippen molar-refractivity contribution in [2.24, 2.45) is 0 Å². The maximum atomic E-state index is 5.74. The second-order valence-corrected chi connectivity index (χ2v) is 4.83. The lowest BCUT2D eigenvalue weighted by molar-refractivity contribution is 0.0276. The van der Waals surface area contributed by atoms with Crippen molar-refractivity contribution in [2.45, 2.75) is 20.0 Å². The second kappa shape index (κ2) is 4.64. The van der Waals surface area contributed by atoms with E-state index in [1.165, 1.54) is 21.2 Å². The molecule has 0 saturated carbocycles. The molecule has 1 aromatic rings. The largest absolute Gasteiger partial charge is 0.371 e. The molecule has 1 N–H and O–H groups in total. The van der Waals surface area contributed by atoms with Crippen LogP contribution in [0, 0.1) is 13.8 Å². The Kier molecular flexibility index (Phi) is 3.44. The average molecular weight is 270 g/mol. The Hall–Kier alpha value is -0.380. The normalized spacial score (nSPS) is 21.7. The first-order valence-corrected chi connectivity index (χ1v) is 6.07. The summed E-state index contributed by atoms with van der Waals surface area (Å²) in [7, 11) is 0. The summed E-state index contributed by atoms with van der Waals surface area (Å²) in [5, 5.41) is 3.35. The van der Waals surface area contributed by atoms with Gasteiger partial charge in [0.05, 0.1) is 12.7 Å². The van der Waals surface area contributed by atoms with Gasteiger partial charge in [-0.15, -0.1) is 0 Å². The van der Waals surface area contributed by atoms with Gasteiger partial charge in [0, 0.05) is 17.6 Å². The van der Waals surface area contributed by atoms with Crippen LogP contribution >= 0.6 is 15.9 Å². The zero-order valence-electron chi connectivity index (χ0n) is 9.14. The number of halogens is 1. The van der Waals surface area contributed by atoms with E-state index >= 15 is 0 Å². The molecular weight excluding hydrogens is 254 g/mol. The Labute approximate surface area is 99.1 Å². The third kappa shape index (κ3) is 2.41. The molecule has 0 amide bonds. The first-order valence-electron chi connectivity index (χ1n) is 5.27. The molecule has 1 saturated heterocycles. The minimum absolute atomic E-state index is 0.212. The van der Waals surface area contributed by atoms with Gasteiger partial charge in [-0.2, -0.15) is 0 Å². The molecule has 0 spiro atoms. The Morgan fingerprint density at radius 1 is 1.33 bits per heavy atom. The highest BCUT2D eigenvalue weighted by molar-refractivity contribution is 9.10. The molecule has 3 heteroatoms. The lowest BCUT2D eigenvalue weighted by atomic mass is 10.0. The SMILES string of the molecule is Cc1cc(C2CNCCO2)cc(C)c1Br. The average Bonchev–Trinajstić information content (AvgIpc) is 2.26. The quantitative estimate of drug-likeness (QED) is 0.847. The van der Waals surface area contributed by atoms with Gasteiger partial charge in [0.15, 0.2) is 0 Å². The lowest BCUT2D eigenvalue weighted by Gasteiger charge is -2.24. The highest BCUT2D eigenvalue weighted by atomic mass is 79.9. The van der Waals surface area contributed by atoms with Gasteiger partial charge in [-0.3, -0.25) is 0 Å². The summed E-state index contributed by atoms with van der Waals surface area (Å²) in [5.74, 6) is 0. The molecule has 2 rings (SSSR count). The number of aryl methyl sites for hydroxylation is 2. The summed E-state index contributed by atoms with van der Waals surface area (Å²) in [6, 6.07) is 4.41. The topological polar surface area (TPSA) is 21.3 Å². The molecule has 1 aliphatic rings. The van der Waals surface area contributed by atoms with Gasteiger partial charge in [-0.05, 0) is 30.5 Å². The summed E-state index contributed by atoms with van der Waals surface area (Å²) in [6.45, 7) is 6.93. The summed E-state index contributed by atoms with van der Waals surface area (Å²) in [4.78, 5) is 0. The fourth-order valence-electron chi connectivity index (χ4n) is 1.94. The monoisotopic (exact) mass is 269 g/mol. The van der Waals surface area contributed by atoms with Crippen LogP contribution in [0.15, 0.2) is 16.6 Å². The predicted molar refractivity (Wildman–Crippen MR) is 65.2 cm³/mol. The molecule has 0 aromatic heterocycles. The van der Waals surface area contributed by atoms with Crippen LogP contribution in [0.1, 0.15) is 22.8 Å². The first kappa shape index (κ1) is 11.1. The molecule has 0 bridgehead atoms. The number of nitrogens with one attached hydrogen (secondary N) is 1. The minimum Gasteiger partial charge on any atom is -0.371 e. The van der Waals surface area contributed by atoms with Gasteiger partial charge in [-0.1, -0.05) is 28.1 Å². The fraction of sp³-hybridized carbons (Fsp3) is 0.500. The molecule has 1 heterocycles. The number of rotatable bonds is 1. The number of morpholine rings is 1. The molecular formula is C12H16BrNO. The van der Waals surface area contributed by atoms with Crippen molar-refractivity contribution in [1.82, 2.24) is 5.32 Å². The van der Waals surface area contributed by atoms with Gasteiger partial charge in [0.1, 0.15) is 0 Å². The number of hydrogen-bond acceptors (Lipinski definition) is 2. The van der Waals surface area contributed by atoms with E-state index in [1.54, 1.807) is 0 Å². The Morgan fingerprint density at radius 2 is 2.00 bits per heavy atom. The second-order valence-electron chi connectivity index (χ2n) is 4.03. The van der Waals surface area contributed by atoms with Crippen LogP contribution in [-0.2, 0) is 4.74 Å². The number of ether oxygens (including phenoxy) is 1. The Balaban J connectivity index is 2.27. The summed E-state index contributed by atoms with van der Waals surface area (Å²) >= 11 is 3.58. The highest BCUT2D eigenvalue weighted by Crippen LogP contribution is 2.27. The zero-order valence-corrected chi connectivity index (χ0v) is 10.7. The molecule has 1 aromatic carbocycles.